The summed E-state index contributed by atoms with van der Waals surface area (Å²) in [6.45, 7) is 1.78. The molecule has 0 radical (unpaired) electrons. The van der Waals surface area contributed by atoms with Crippen molar-refractivity contribution >= 4 is 11.7 Å². The number of ether oxygens (including phenoxy) is 2. The average Bonchev–Trinajstić information content (AvgIpc) is 3.15. The highest BCUT2D eigenvalue weighted by atomic mass is 16.5. The Kier molecular flexibility index (Phi) is 5.79. The van der Waals surface area contributed by atoms with E-state index in [4.69, 9.17) is 9.47 Å². The lowest BCUT2D eigenvalue weighted by atomic mass is 10.2. The number of hydrogen-bond donors (Lipinski definition) is 1. The quantitative estimate of drug-likeness (QED) is 0.873. The summed E-state index contributed by atoms with van der Waals surface area (Å²) in [5.41, 5.74) is 1.56. The molecule has 0 aliphatic carbocycles. The minimum Gasteiger partial charge on any atom is -0.480 e. The number of amides is 2. The summed E-state index contributed by atoms with van der Waals surface area (Å²) in [6, 6.07) is 7.12. The first-order chi connectivity index (χ1) is 12.3. The number of urea groups is 1. The third-order valence-electron chi connectivity index (χ3n) is 4.06. The number of methoxy groups -OCH3 is 1. The Labute approximate surface area is 147 Å². The lowest BCUT2D eigenvalue weighted by molar-refractivity contribution is 0.0819. The summed E-state index contributed by atoms with van der Waals surface area (Å²) in [6.07, 6.45) is 7.14. The fraction of sp³-hybridized carbons (Fsp3) is 0.389. The smallest absolute Gasteiger partial charge is 0.322 e. The molecule has 0 spiro atoms. The Morgan fingerprint density at radius 1 is 1.36 bits per heavy atom. The summed E-state index contributed by atoms with van der Waals surface area (Å²) < 4.78 is 10.9. The van der Waals surface area contributed by atoms with E-state index in [2.05, 4.69) is 15.3 Å². The van der Waals surface area contributed by atoms with Crippen molar-refractivity contribution in [3.05, 3.63) is 48.4 Å². The van der Waals surface area contributed by atoms with Crippen molar-refractivity contribution < 1.29 is 14.3 Å². The summed E-state index contributed by atoms with van der Waals surface area (Å²) in [4.78, 5) is 22.7. The molecule has 1 fully saturated rings. The first-order valence-corrected chi connectivity index (χ1v) is 8.31. The molecule has 0 aromatic carbocycles. The first kappa shape index (κ1) is 17.2. The van der Waals surface area contributed by atoms with Gasteiger partial charge in [0.05, 0.1) is 13.2 Å². The molecule has 0 saturated carbocycles. The van der Waals surface area contributed by atoms with Crippen molar-refractivity contribution in [1.29, 1.82) is 0 Å². The molecule has 1 aliphatic heterocycles. The number of nitrogens with zero attached hydrogens (tertiary/aromatic N) is 3. The van der Waals surface area contributed by atoms with E-state index in [-0.39, 0.29) is 12.1 Å². The van der Waals surface area contributed by atoms with E-state index in [1.165, 1.54) is 7.11 Å². The second-order valence-electron chi connectivity index (χ2n) is 5.86. The Bertz CT molecular complexity index is 690. The van der Waals surface area contributed by atoms with Crippen molar-refractivity contribution in [2.45, 2.75) is 25.5 Å². The van der Waals surface area contributed by atoms with Gasteiger partial charge in [0.2, 0.25) is 5.88 Å². The van der Waals surface area contributed by atoms with Crippen LogP contribution in [-0.2, 0) is 11.3 Å². The molecule has 1 N–H and O–H groups in total. The van der Waals surface area contributed by atoms with Crippen LogP contribution < -0.4 is 10.1 Å². The van der Waals surface area contributed by atoms with Gasteiger partial charge in [-0.3, -0.25) is 4.98 Å². The zero-order chi connectivity index (χ0) is 17.5. The summed E-state index contributed by atoms with van der Waals surface area (Å²) in [5.74, 6) is 0.386. The van der Waals surface area contributed by atoms with Gasteiger partial charge < -0.3 is 19.7 Å². The molecule has 0 bridgehead atoms. The summed E-state index contributed by atoms with van der Waals surface area (Å²) in [5, 5.41) is 2.88. The maximum atomic E-state index is 12.8. The van der Waals surface area contributed by atoms with Crippen LogP contribution in [0.15, 0.2) is 42.9 Å². The van der Waals surface area contributed by atoms with E-state index in [1.54, 1.807) is 35.6 Å². The predicted octanol–water partition coefficient (Wildman–Crippen LogP) is 2.70. The van der Waals surface area contributed by atoms with Crippen LogP contribution in [0.5, 0.6) is 5.88 Å². The number of aromatic nitrogens is 2. The van der Waals surface area contributed by atoms with Crippen LogP contribution in [0.1, 0.15) is 18.4 Å². The van der Waals surface area contributed by atoms with E-state index in [1.807, 2.05) is 12.1 Å². The molecule has 2 aromatic heterocycles. The van der Waals surface area contributed by atoms with Crippen LogP contribution in [-0.4, -0.2) is 47.3 Å². The topological polar surface area (TPSA) is 76.6 Å². The van der Waals surface area contributed by atoms with E-state index in [9.17, 15) is 4.79 Å². The van der Waals surface area contributed by atoms with Crippen LogP contribution >= 0.6 is 0 Å². The molecule has 3 heterocycles. The maximum Gasteiger partial charge on any atom is 0.322 e. The SMILES string of the molecule is COc1ncccc1NC(=O)N(Cc1ccncc1)CC1CCCO1. The summed E-state index contributed by atoms with van der Waals surface area (Å²) >= 11 is 0. The molecule has 1 saturated heterocycles. The summed E-state index contributed by atoms with van der Waals surface area (Å²) in [7, 11) is 1.53. The Morgan fingerprint density at radius 3 is 2.92 bits per heavy atom. The van der Waals surface area contributed by atoms with Gasteiger partial charge in [-0.25, -0.2) is 9.78 Å². The minimum absolute atomic E-state index is 0.0726. The van der Waals surface area contributed by atoms with E-state index < -0.39 is 0 Å². The minimum atomic E-state index is -0.210. The molecule has 2 aromatic rings. The van der Waals surface area contributed by atoms with Gasteiger partial charge in [0.25, 0.3) is 0 Å². The van der Waals surface area contributed by atoms with E-state index >= 15 is 0 Å². The molecule has 1 atom stereocenters. The zero-order valence-corrected chi connectivity index (χ0v) is 14.2. The van der Waals surface area contributed by atoms with Crippen molar-refractivity contribution in [3.63, 3.8) is 0 Å². The molecular formula is C18H22N4O3. The number of pyridine rings is 2. The predicted molar refractivity (Wildman–Crippen MR) is 93.4 cm³/mol. The lowest BCUT2D eigenvalue weighted by Gasteiger charge is -2.26. The molecule has 7 nitrogen and oxygen atoms in total. The van der Waals surface area contributed by atoms with Gasteiger partial charge in [0, 0.05) is 38.3 Å². The van der Waals surface area contributed by atoms with Crippen LogP contribution in [0.25, 0.3) is 0 Å². The first-order valence-electron chi connectivity index (χ1n) is 8.31. The van der Waals surface area contributed by atoms with Crippen molar-refractivity contribution in [1.82, 2.24) is 14.9 Å². The van der Waals surface area contributed by atoms with Gasteiger partial charge in [-0.2, -0.15) is 0 Å². The number of anilines is 1. The standard InChI is InChI=1S/C18H22N4O3/c1-24-17-16(5-2-8-20-17)21-18(23)22(13-15-4-3-11-25-15)12-14-6-9-19-10-7-14/h2,5-10,15H,3-4,11-13H2,1H3,(H,21,23). The molecule has 1 unspecified atom stereocenters. The Hall–Kier alpha value is -2.67. The number of nitrogens with one attached hydrogen (secondary N) is 1. The molecule has 25 heavy (non-hydrogen) atoms. The van der Waals surface area contributed by atoms with Crippen LogP contribution in [0.3, 0.4) is 0 Å². The second kappa shape index (κ2) is 8.43. The van der Waals surface area contributed by atoms with Gasteiger partial charge in [-0.1, -0.05) is 0 Å². The Balaban J connectivity index is 1.73. The van der Waals surface area contributed by atoms with Gasteiger partial charge in [-0.05, 0) is 42.7 Å². The van der Waals surface area contributed by atoms with Gasteiger partial charge in [0.1, 0.15) is 5.69 Å². The molecule has 1 aliphatic rings. The van der Waals surface area contributed by atoms with Gasteiger partial charge >= 0.3 is 6.03 Å². The monoisotopic (exact) mass is 342 g/mol. The molecular weight excluding hydrogens is 320 g/mol. The fourth-order valence-electron chi connectivity index (χ4n) is 2.80. The number of carbonyl (C=O) groups is 1. The van der Waals surface area contributed by atoms with Gasteiger partial charge in [-0.15, -0.1) is 0 Å². The molecule has 3 rings (SSSR count). The highest BCUT2D eigenvalue weighted by Crippen LogP contribution is 2.21. The van der Waals surface area contributed by atoms with Gasteiger partial charge in [0.15, 0.2) is 0 Å². The molecule has 7 heteroatoms. The lowest BCUT2D eigenvalue weighted by Crippen LogP contribution is -2.39. The van der Waals surface area contributed by atoms with Crippen LogP contribution in [0, 0.1) is 0 Å². The van der Waals surface area contributed by atoms with Crippen molar-refractivity contribution in [2.75, 3.05) is 25.6 Å². The van der Waals surface area contributed by atoms with E-state index in [0.29, 0.717) is 24.7 Å². The largest absolute Gasteiger partial charge is 0.480 e. The highest BCUT2D eigenvalue weighted by molar-refractivity contribution is 5.90. The number of carbonyl (C=O) groups excluding carboxylic acids is 1. The molecule has 2 amide bonds. The normalized spacial score (nSPS) is 16.4. The van der Waals surface area contributed by atoms with E-state index in [0.717, 1.165) is 25.0 Å². The van der Waals surface area contributed by atoms with Crippen LogP contribution in [0.4, 0.5) is 10.5 Å². The number of rotatable bonds is 6. The zero-order valence-electron chi connectivity index (χ0n) is 14.2. The van der Waals surface area contributed by atoms with Crippen molar-refractivity contribution in [2.24, 2.45) is 0 Å². The fourth-order valence-corrected chi connectivity index (χ4v) is 2.80. The highest BCUT2D eigenvalue weighted by Gasteiger charge is 2.23. The van der Waals surface area contributed by atoms with Crippen LogP contribution in [0.2, 0.25) is 0 Å². The average molecular weight is 342 g/mol. The molecule has 132 valence electrons. The van der Waals surface area contributed by atoms with Crippen molar-refractivity contribution in [3.8, 4) is 5.88 Å². The third kappa shape index (κ3) is 4.67. The third-order valence-corrected chi connectivity index (χ3v) is 4.06. The maximum absolute atomic E-state index is 12.8. The number of hydrogen-bond acceptors (Lipinski definition) is 5. The Morgan fingerprint density at radius 2 is 2.20 bits per heavy atom. The second-order valence-corrected chi connectivity index (χ2v) is 5.86.